The van der Waals surface area contributed by atoms with Gasteiger partial charge in [0.15, 0.2) is 5.96 Å². The molecule has 0 aliphatic rings. The van der Waals surface area contributed by atoms with Crippen molar-refractivity contribution in [2.45, 2.75) is 38.7 Å². The lowest BCUT2D eigenvalue weighted by Crippen LogP contribution is -2.37. The predicted molar refractivity (Wildman–Crippen MR) is 109 cm³/mol. The van der Waals surface area contributed by atoms with Crippen LogP contribution < -0.4 is 15.4 Å². The van der Waals surface area contributed by atoms with Gasteiger partial charge in [-0.25, -0.2) is 13.1 Å². The largest absolute Gasteiger partial charge is 0.352 e. The van der Waals surface area contributed by atoms with Crippen LogP contribution in [-0.2, 0) is 28.9 Å². The van der Waals surface area contributed by atoms with E-state index in [0.717, 1.165) is 16.8 Å². The minimum atomic E-state index is -3.38. The van der Waals surface area contributed by atoms with E-state index in [9.17, 15) is 8.42 Å². The fourth-order valence-corrected chi connectivity index (χ4v) is 4.05. The van der Waals surface area contributed by atoms with E-state index < -0.39 is 10.0 Å². The molecule has 0 unspecified atom stereocenters. The Balaban J connectivity index is 1.98. The van der Waals surface area contributed by atoms with Crippen LogP contribution in [-0.4, -0.2) is 32.5 Å². The molecular formula is C19H27N5O2S. The van der Waals surface area contributed by atoms with Gasteiger partial charge >= 0.3 is 0 Å². The highest BCUT2D eigenvalue weighted by molar-refractivity contribution is 7.88. The smallest absolute Gasteiger partial charge is 0.216 e. The summed E-state index contributed by atoms with van der Waals surface area (Å²) in [4.78, 5) is 8.46. The van der Waals surface area contributed by atoms with E-state index in [-0.39, 0.29) is 11.8 Å². The summed E-state index contributed by atoms with van der Waals surface area (Å²) in [7, 11) is -1.69. The number of aromatic nitrogens is 1. The number of hydrogen-bond acceptors (Lipinski definition) is 4. The van der Waals surface area contributed by atoms with E-state index in [4.69, 9.17) is 0 Å². The van der Waals surface area contributed by atoms with Gasteiger partial charge in [0.2, 0.25) is 10.0 Å². The summed E-state index contributed by atoms with van der Waals surface area (Å²) in [6.07, 6.45) is 1.75. The molecule has 0 spiro atoms. The average Bonchev–Trinajstić information content (AvgIpc) is 2.62. The summed E-state index contributed by atoms with van der Waals surface area (Å²) in [6, 6.07) is 13.1. The van der Waals surface area contributed by atoms with Crippen LogP contribution in [0.3, 0.4) is 0 Å². The maximum absolute atomic E-state index is 12.2. The Morgan fingerprint density at radius 2 is 1.70 bits per heavy atom. The Labute approximate surface area is 161 Å². The minimum Gasteiger partial charge on any atom is -0.352 e. The van der Waals surface area contributed by atoms with Gasteiger partial charge in [0.25, 0.3) is 0 Å². The summed E-state index contributed by atoms with van der Waals surface area (Å²) >= 11 is 0. The zero-order valence-electron chi connectivity index (χ0n) is 15.9. The first-order chi connectivity index (χ1) is 12.9. The highest BCUT2D eigenvalue weighted by Gasteiger charge is 2.15. The molecule has 0 atom stereocenters. The van der Waals surface area contributed by atoms with Gasteiger partial charge in [-0.1, -0.05) is 30.3 Å². The number of aliphatic imine (C=N–C) groups is 1. The average molecular weight is 390 g/mol. The zero-order chi connectivity index (χ0) is 19.7. The molecular weight excluding hydrogens is 362 g/mol. The van der Waals surface area contributed by atoms with Crippen molar-refractivity contribution in [2.75, 3.05) is 7.05 Å². The van der Waals surface area contributed by atoms with Crippen molar-refractivity contribution in [3.05, 3.63) is 65.5 Å². The molecule has 27 heavy (non-hydrogen) atoms. The van der Waals surface area contributed by atoms with Gasteiger partial charge in [-0.3, -0.25) is 9.98 Å². The monoisotopic (exact) mass is 389 g/mol. The molecule has 1 aromatic carbocycles. The van der Waals surface area contributed by atoms with Gasteiger partial charge < -0.3 is 10.6 Å². The van der Waals surface area contributed by atoms with Gasteiger partial charge in [-0.2, -0.15) is 0 Å². The second-order valence-corrected chi connectivity index (χ2v) is 8.15. The van der Waals surface area contributed by atoms with Crippen LogP contribution in [0.2, 0.25) is 0 Å². The predicted octanol–water partition coefficient (Wildman–Crippen LogP) is 1.77. The molecule has 1 heterocycles. The summed E-state index contributed by atoms with van der Waals surface area (Å²) in [5.74, 6) is 0.571. The van der Waals surface area contributed by atoms with Gasteiger partial charge in [-0.15, -0.1) is 0 Å². The lowest BCUT2D eigenvalue weighted by Gasteiger charge is -2.15. The van der Waals surface area contributed by atoms with Crippen molar-refractivity contribution in [1.29, 1.82) is 0 Å². The second kappa shape index (κ2) is 10.0. The van der Waals surface area contributed by atoms with Crippen LogP contribution in [0.4, 0.5) is 0 Å². The van der Waals surface area contributed by atoms with Crippen molar-refractivity contribution >= 4 is 16.0 Å². The highest BCUT2D eigenvalue weighted by Crippen LogP contribution is 2.12. The molecule has 0 bridgehead atoms. The maximum atomic E-state index is 12.2. The van der Waals surface area contributed by atoms with E-state index in [0.29, 0.717) is 19.0 Å². The molecule has 3 N–H and O–H groups in total. The molecule has 0 amide bonds. The first-order valence-electron chi connectivity index (χ1n) is 8.81. The number of sulfonamides is 1. The molecule has 8 heteroatoms. The summed E-state index contributed by atoms with van der Waals surface area (Å²) in [6.45, 7) is 4.63. The summed E-state index contributed by atoms with van der Waals surface area (Å²) < 4.78 is 27.1. The molecule has 2 rings (SSSR count). The van der Waals surface area contributed by atoms with Gasteiger partial charge in [-0.05, 0) is 37.1 Å². The van der Waals surface area contributed by atoms with E-state index in [2.05, 4.69) is 25.3 Å². The Morgan fingerprint density at radius 3 is 2.33 bits per heavy atom. The van der Waals surface area contributed by atoms with Crippen molar-refractivity contribution in [3.8, 4) is 0 Å². The van der Waals surface area contributed by atoms with Gasteiger partial charge in [0.05, 0.1) is 18.0 Å². The van der Waals surface area contributed by atoms with E-state index in [1.807, 2.05) is 56.3 Å². The lowest BCUT2D eigenvalue weighted by molar-refractivity contribution is 0.568. The number of pyridine rings is 1. The van der Waals surface area contributed by atoms with E-state index in [1.54, 1.807) is 13.2 Å². The third kappa shape index (κ3) is 7.36. The Bertz CT molecular complexity index is 851. The first-order valence-corrected chi connectivity index (χ1v) is 10.5. The Kier molecular flexibility index (Phi) is 7.75. The second-order valence-electron chi connectivity index (χ2n) is 6.40. The zero-order valence-corrected chi connectivity index (χ0v) is 16.8. The Hall–Kier alpha value is -2.45. The van der Waals surface area contributed by atoms with Crippen LogP contribution in [0.15, 0.2) is 53.7 Å². The minimum absolute atomic E-state index is 0.0526. The molecule has 0 aliphatic carbocycles. The third-order valence-electron chi connectivity index (χ3n) is 3.71. The maximum Gasteiger partial charge on any atom is 0.216 e. The molecule has 0 aliphatic heterocycles. The standard InChI is InChI=1S/C19H27N5O2S/c1-15(2)24-27(25,26)14-17-9-5-4-8-16(17)12-22-19(20-3)23-13-18-10-6-7-11-21-18/h4-11,15,24H,12-14H2,1-3H3,(H2,20,22,23). The van der Waals surface area contributed by atoms with Crippen LogP contribution in [0, 0.1) is 0 Å². The molecule has 0 saturated carbocycles. The van der Waals surface area contributed by atoms with Crippen LogP contribution in [0.1, 0.15) is 30.7 Å². The quantitative estimate of drug-likeness (QED) is 0.472. The van der Waals surface area contributed by atoms with Gasteiger partial charge in [0, 0.05) is 25.8 Å². The number of nitrogens with zero attached hydrogens (tertiary/aromatic N) is 2. The topological polar surface area (TPSA) is 95.5 Å². The van der Waals surface area contributed by atoms with E-state index >= 15 is 0 Å². The molecule has 0 saturated heterocycles. The van der Waals surface area contributed by atoms with Crippen molar-refractivity contribution in [1.82, 2.24) is 20.3 Å². The fraction of sp³-hybridized carbons (Fsp3) is 0.368. The SMILES string of the molecule is CN=C(NCc1ccccn1)NCc1ccccc1CS(=O)(=O)NC(C)C. The first kappa shape index (κ1) is 20.9. The fourth-order valence-electron chi connectivity index (χ4n) is 2.55. The molecule has 7 nitrogen and oxygen atoms in total. The third-order valence-corrected chi connectivity index (χ3v) is 5.23. The number of benzene rings is 1. The number of hydrogen-bond donors (Lipinski definition) is 3. The molecule has 146 valence electrons. The number of guanidine groups is 1. The van der Waals surface area contributed by atoms with Crippen LogP contribution >= 0.6 is 0 Å². The lowest BCUT2D eigenvalue weighted by atomic mass is 10.1. The van der Waals surface area contributed by atoms with Crippen LogP contribution in [0.5, 0.6) is 0 Å². The Morgan fingerprint density at radius 1 is 1.04 bits per heavy atom. The normalized spacial score (nSPS) is 12.2. The summed E-state index contributed by atoms with van der Waals surface area (Å²) in [5.41, 5.74) is 2.58. The molecule has 0 fully saturated rings. The number of nitrogens with one attached hydrogen (secondary N) is 3. The van der Waals surface area contributed by atoms with Crippen molar-refractivity contribution in [2.24, 2.45) is 4.99 Å². The van der Waals surface area contributed by atoms with Gasteiger partial charge in [0.1, 0.15) is 0 Å². The van der Waals surface area contributed by atoms with E-state index in [1.165, 1.54) is 0 Å². The highest BCUT2D eigenvalue weighted by atomic mass is 32.2. The molecule has 1 aromatic heterocycles. The van der Waals surface area contributed by atoms with Crippen molar-refractivity contribution in [3.63, 3.8) is 0 Å². The van der Waals surface area contributed by atoms with Crippen molar-refractivity contribution < 1.29 is 8.42 Å². The summed E-state index contributed by atoms with van der Waals surface area (Å²) in [5, 5.41) is 6.41. The van der Waals surface area contributed by atoms with Crippen LogP contribution in [0.25, 0.3) is 0 Å². The molecule has 2 aromatic rings. The number of rotatable bonds is 8. The molecule has 0 radical (unpaired) electrons.